The fraction of sp³-hybridized carbons (Fsp3) is 0.200. The van der Waals surface area contributed by atoms with Gasteiger partial charge in [-0.05, 0) is 43.3 Å². The molecule has 2 aromatic rings. The number of hydrogen-bond acceptors (Lipinski definition) is 2. The van der Waals surface area contributed by atoms with E-state index in [4.69, 9.17) is 21.1 Å². The Morgan fingerprint density at radius 3 is 2.37 bits per heavy atom. The number of hydrogen-bond donors (Lipinski definition) is 0. The molecule has 0 fully saturated rings. The second-order valence-electron chi connectivity index (χ2n) is 3.89. The Hall–Kier alpha value is -1.19. The molecule has 0 bridgehead atoms. The highest BCUT2D eigenvalue weighted by Gasteiger charge is 2.05. The maximum absolute atomic E-state index is 5.99. The summed E-state index contributed by atoms with van der Waals surface area (Å²) in [5.74, 6) is 2.35. The lowest BCUT2D eigenvalue weighted by Crippen LogP contribution is -1.92. The van der Waals surface area contributed by atoms with Gasteiger partial charge in [-0.2, -0.15) is 0 Å². The van der Waals surface area contributed by atoms with Crippen molar-refractivity contribution in [2.45, 2.75) is 12.3 Å². The van der Waals surface area contributed by atoms with E-state index in [0.717, 1.165) is 28.1 Å². The number of benzene rings is 2. The molecule has 0 saturated carbocycles. The van der Waals surface area contributed by atoms with Crippen molar-refractivity contribution in [2.24, 2.45) is 0 Å². The lowest BCUT2D eigenvalue weighted by Gasteiger charge is -2.11. The SMILES string of the molecule is CCOc1ccc(Oc2cc(Cl)ccc2CBr)cc1. The summed E-state index contributed by atoms with van der Waals surface area (Å²) >= 11 is 9.43. The van der Waals surface area contributed by atoms with Gasteiger partial charge in [0.15, 0.2) is 0 Å². The second kappa shape index (κ2) is 6.83. The predicted octanol–water partition coefficient (Wildman–Crippen LogP) is 5.43. The first-order valence-corrected chi connectivity index (χ1v) is 7.48. The smallest absolute Gasteiger partial charge is 0.132 e. The number of ether oxygens (including phenoxy) is 2. The van der Waals surface area contributed by atoms with Crippen LogP contribution in [0.5, 0.6) is 17.2 Å². The van der Waals surface area contributed by atoms with Crippen LogP contribution in [-0.4, -0.2) is 6.61 Å². The van der Waals surface area contributed by atoms with Crippen LogP contribution in [0.1, 0.15) is 12.5 Å². The third-order valence-electron chi connectivity index (χ3n) is 2.54. The van der Waals surface area contributed by atoms with Crippen LogP contribution in [0.2, 0.25) is 5.02 Å². The van der Waals surface area contributed by atoms with E-state index in [-0.39, 0.29) is 0 Å². The molecule has 2 rings (SSSR count). The van der Waals surface area contributed by atoms with Crippen LogP contribution in [0.15, 0.2) is 42.5 Å². The number of rotatable bonds is 5. The third kappa shape index (κ3) is 3.88. The third-order valence-corrected chi connectivity index (χ3v) is 3.37. The van der Waals surface area contributed by atoms with Crippen molar-refractivity contribution in [1.82, 2.24) is 0 Å². The first kappa shape index (κ1) is 14.2. The van der Waals surface area contributed by atoms with Gasteiger partial charge in [-0.3, -0.25) is 0 Å². The molecule has 0 N–H and O–H groups in total. The minimum Gasteiger partial charge on any atom is -0.494 e. The zero-order chi connectivity index (χ0) is 13.7. The van der Waals surface area contributed by atoms with E-state index in [2.05, 4.69) is 15.9 Å². The van der Waals surface area contributed by atoms with Crippen LogP contribution in [0, 0.1) is 0 Å². The van der Waals surface area contributed by atoms with Gasteiger partial charge < -0.3 is 9.47 Å². The summed E-state index contributed by atoms with van der Waals surface area (Å²) in [5.41, 5.74) is 1.05. The monoisotopic (exact) mass is 340 g/mol. The normalized spacial score (nSPS) is 10.3. The van der Waals surface area contributed by atoms with E-state index >= 15 is 0 Å². The summed E-state index contributed by atoms with van der Waals surface area (Å²) in [7, 11) is 0. The van der Waals surface area contributed by atoms with Crippen LogP contribution in [0.25, 0.3) is 0 Å². The van der Waals surface area contributed by atoms with Crippen molar-refractivity contribution in [1.29, 1.82) is 0 Å². The predicted molar refractivity (Wildman–Crippen MR) is 81.8 cm³/mol. The van der Waals surface area contributed by atoms with Gasteiger partial charge in [0.1, 0.15) is 17.2 Å². The first-order chi connectivity index (χ1) is 9.22. The van der Waals surface area contributed by atoms with Gasteiger partial charge in [-0.1, -0.05) is 33.6 Å². The van der Waals surface area contributed by atoms with Gasteiger partial charge in [0.05, 0.1) is 6.61 Å². The average Bonchev–Trinajstić information content (AvgIpc) is 2.42. The highest BCUT2D eigenvalue weighted by Crippen LogP contribution is 2.30. The Morgan fingerprint density at radius 1 is 1.05 bits per heavy atom. The summed E-state index contributed by atoms with van der Waals surface area (Å²) in [6.45, 7) is 2.61. The number of halogens is 2. The van der Waals surface area contributed by atoms with E-state index in [0.29, 0.717) is 11.6 Å². The first-order valence-electron chi connectivity index (χ1n) is 5.98. The lowest BCUT2D eigenvalue weighted by molar-refractivity contribution is 0.339. The highest BCUT2D eigenvalue weighted by molar-refractivity contribution is 9.08. The van der Waals surface area contributed by atoms with Gasteiger partial charge in [0.25, 0.3) is 0 Å². The van der Waals surface area contributed by atoms with Crippen molar-refractivity contribution in [3.63, 3.8) is 0 Å². The molecule has 0 saturated heterocycles. The topological polar surface area (TPSA) is 18.5 Å². The fourth-order valence-corrected chi connectivity index (χ4v) is 2.26. The molecule has 0 atom stereocenters. The Balaban J connectivity index is 2.18. The molecule has 0 radical (unpaired) electrons. The molecule has 0 aromatic heterocycles. The summed E-state index contributed by atoms with van der Waals surface area (Å²) in [6, 6.07) is 13.1. The van der Waals surface area contributed by atoms with Gasteiger partial charge in [-0.25, -0.2) is 0 Å². The van der Waals surface area contributed by atoms with Gasteiger partial charge >= 0.3 is 0 Å². The van der Waals surface area contributed by atoms with Crippen molar-refractivity contribution in [3.8, 4) is 17.2 Å². The Bertz CT molecular complexity index is 540. The lowest BCUT2D eigenvalue weighted by atomic mass is 10.2. The zero-order valence-corrected chi connectivity index (χ0v) is 12.9. The number of alkyl halides is 1. The highest BCUT2D eigenvalue weighted by atomic mass is 79.9. The van der Waals surface area contributed by atoms with Crippen molar-refractivity contribution >= 4 is 27.5 Å². The van der Waals surface area contributed by atoms with Crippen molar-refractivity contribution < 1.29 is 9.47 Å². The minimum absolute atomic E-state index is 0.655. The Morgan fingerprint density at radius 2 is 1.74 bits per heavy atom. The molecular formula is C15H14BrClO2. The minimum atomic E-state index is 0.655. The molecule has 4 heteroatoms. The molecule has 0 unspecified atom stereocenters. The molecule has 0 aliphatic carbocycles. The molecule has 19 heavy (non-hydrogen) atoms. The maximum atomic E-state index is 5.99. The molecule has 2 nitrogen and oxygen atoms in total. The molecular weight excluding hydrogens is 328 g/mol. The molecule has 0 aliphatic heterocycles. The van der Waals surface area contributed by atoms with Crippen LogP contribution in [-0.2, 0) is 5.33 Å². The summed E-state index contributed by atoms with van der Waals surface area (Å²) < 4.78 is 11.2. The summed E-state index contributed by atoms with van der Waals surface area (Å²) in [4.78, 5) is 0. The van der Waals surface area contributed by atoms with Crippen LogP contribution in [0.4, 0.5) is 0 Å². The van der Waals surface area contributed by atoms with E-state index in [9.17, 15) is 0 Å². The molecule has 0 aliphatic rings. The quantitative estimate of drug-likeness (QED) is 0.675. The Kier molecular flexibility index (Phi) is 5.11. The fourth-order valence-electron chi connectivity index (χ4n) is 1.63. The largest absolute Gasteiger partial charge is 0.494 e. The molecule has 100 valence electrons. The van der Waals surface area contributed by atoms with Gasteiger partial charge in [0, 0.05) is 15.9 Å². The molecule has 0 heterocycles. The second-order valence-corrected chi connectivity index (χ2v) is 4.89. The summed E-state index contributed by atoms with van der Waals surface area (Å²) in [5, 5.41) is 1.38. The van der Waals surface area contributed by atoms with Gasteiger partial charge in [-0.15, -0.1) is 0 Å². The van der Waals surface area contributed by atoms with Crippen LogP contribution >= 0.6 is 27.5 Å². The van der Waals surface area contributed by atoms with E-state index in [1.807, 2.05) is 49.4 Å². The van der Waals surface area contributed by atoms with Gasteiger partial charge in [0.2, 0.25) is 0 Å². The van der Waals surface area contributed by atoms with E-state index < -0.39 is 0 Å². The summed E-state index contributed by atoms with van der Waals surface area (Å²) in [6.07, 6.45) is 0. The molecule has 0 amide bonds. The molecule has 2 aromatic carbocycles. The maximum Gasteiger partial charge on any atom is 0.132 e. The van der Waals surface area contributed by atoms with Crippen LogP contribution < -0.4 is 9.47 Å². The zero-order valence-electron chi connectivity index (χ0n) is 10.5. The van der Waals surface area contributed by atoms with Crippen LogP contribution in [0.3, 0.4) is 0 Å². The van der Waals surface area contributed by atoms with E-state index in [1.54, 1.807) is 0 Å². The van der Waals surface area contributed by atoms with Crippen molar-refractivity contribution in [3.05, 3.63) is 53.1 Å². The van der Waals surface area contributed by atoms with Crippen molar-refractivity contribution in [2.75, 3.05) is 6.61 Å². The van der Waals surface area contributed by atoms with E-state index in [1.165, 1.54) is 0 Å². The average molecular weight is 342 g/mol. The Labute approximate surface area is 126 Å². The molecule has 0 spiro atoms. The standard InChI is InChI=1S/C15H14BrClO2/c1-2-18-13-5-7-14(8-6-13)19-15-9-12(17)4-3-11(15)10-16/h3-9H,2,10H2,1H3.